The maximum absolute atomic E-state index is 12.8. The first-order valence-corrected chi connectivity index (χ1v) is 6.50. The van der Waals surface area contributed by atoms with Crippen LogP contribution in [0.1, 0.15) is 18.5 Å². The van der Waals surface area contributed by atoms with Gasteiger partial charge in [-0.15, -0.1) is 0 Å². The molecule has 0 unspecified atom stereocenters. The highest BCUT2D eigenvalue weighted by Crippen LogP contribution is 2.42. The smallest absolute Gasteiger partial charge is 0.402 e. The molecule has 0 aliphatic heterocycles. The van der Waals surface area contributed by atoms with Crippen molar-refractivity contribution in [1.29, 1.82) is 0 Å². The molecule has 0 aromatic heterocycles. The predicted molar refractivity (Wildman–Crippen MR) is 69.4 cm³/mol. The molecule has 0 radical (unpaired) electrons. The van der Waals surface area contributed by atoms with E-state index >= 15 is 0 Å². The molecule has 2 atom stereocenters. The van der Waals surface area contributed by atoms with Crippen LogP contribution in [0.2, 0.25) is 0 Å². The highest BCUT2D eigenvalue weighted by molar-refractivity contribution is 5.76. The van der Waals surface area contributed by atoms with E-state index in [1.807, 2.05) is 0 Å². The Kier molecular flexibility index (Phi) is 6.04. The van der Waals surface area contributed by atoms with Gasteiger partial charge >= 0.3 is 18.3 Å². The van der Waals surface area contributed by atoms with Crippen molar-refractivity contribution in [3.63, 3.8) is 0 Å². The first kappa shape index (κ1) is 19.3. The number of hydrogen-bond donors (Lipinski definition) is 1. The van der Waals surface area contributed by atoms with Crippen molar-refractivity contribution in [2.75, 3.05) is 7.11 Å². The Bertz CT molecular complexity index is 500. The van der Waals surface area contributed by atoms with Gasteiger partial charge in [0, 0.05) is 6.04 Å². The molecule has 0 amide bonds. The van der Waals surface area contributed by atoms with Crippen LogP contribution in [-0.4, -0.2) is 31.5 Å². The lowest BCUT2D eigenvalue weighted by atomic mass is 9.96. The first-order valence-electron chi connectivity index (χ1n) is 6.50. The second kappa shape index (κ2) is 7.20. The summed E-state index contributed by atoms with van der Waals surface area (Å²) in [5.74, 6) is -5.50. The molecule has 130 valence electrons. The number of carbonyl (C=O) groups is 1. The molecule has 9 heteroatoms. The van der Waals surface area contributed by atoms with Crippen LogP contribution in [0.3, 0.4) is 0 Å². The summed E-state index contributed by atoms with van der Waals surface area (Å²) >= 11 is 0. The minimum atomic E-state index is -5.65. The van der Waals surface area contributed by atoms with Gasteiger partial charge in [0.05, 0.1) is 7.11 Å². The molecule has 0 fully saturated rings. The van der Waals surface area contributed by atoms with Crippen molar-refractivity contribution in [1.82, 2.24) is 5.32 Å². The second-order valence-corrected chi connectivity index (χ2v) is 4.86. The van der Waals surface area contributed by atoms with Crippen molar-refractivity contribution in [2.45, 2.75) is 31.4 Å². The standard InChI is InChI=1S/C14H15F6NO2/c1-8(9-6-4-3-5-7-9)21-10(12(22)23-2)11(13(15,16)17)14(18,19)20/h3-8,10-11,21H,1-2H3/t8-,10-/m1/s1. The molecular weight excluding hydrogens is 328 g/mol. The fraction of sp³-hybridized carbons (Fsp3) is 0.500. The van der Waals surface area contributed by atoms with Crippen LogP contribution in [0.25, 0.3) is 0 Å². The van der Waals surface area contributed by atoms with E-state index < -0.39 is 36.3 Å². The average Bonchev–Trinajstić information content (AvgIpc) is 2.43. The lowest BCUT2D eigenvalue weighted by Crippen LogP contribution is -2.55. The van der Waals surface area contributed by atoms with Crippen molar-refractivity contribution < 1.29 is 35.9 Å². The quantitative estimate of drug-likeness (QED) is 0.656. The van der Waals surface area contributed by atoms with E-state index in [2.05, 4.69) is 10.1 Å². The summed E-state index contributed by atoms with van der Waals surface area (Å²) in [6.45, 7) is 1.36. The summed E-state index contributed by atoms with van der Waals surface area (Å²) in [5.41, 5.74) is 0.435. The third-order valence-corrected chi connectivity index (χ3v) is 3.22. The Morgan fingerprint density at radius 1 is 1.04 bits per heavy atom. The van der Waals surface area contributed by atoms with Crippen molar-refractivity contribution in [2.24, 2.45) is 5.92 Å². The number of benzene rings is 1. The summed E-state index contributed by atoms with van der Waals surface area (Å²) in [6, 6.07) is 4.30. The van der Waals surface area contributed by atoms with Gasteiger partial charge in [-0.3, -0.25) is 10.1 Å². The Morgan fingerprint density at radius 3 is 1.91 bits per heavy atom. The van der Waals surface area contributed by atoms with Gasteiger partial charge in [0.1, 0.15) is 6.04 Å². The molecule has 1 N–H and O–H groups in total. The zero-order valence-electron chi connectivity index (χ0n) is 12.2. The Hall–Kier alpha value is -1.77. The van der Waals surface area contributed by atoms with Crippen LogP contribution in [0, 0.1) is 5.92 Å². The highest BCUT2D eigenvalue weighted by Gasteiger charge is 2.62. The van der Waals surface area contributed by atoms with Crippen LogP contribution in [-0.2, 0) is 9.53 Å². The molecule has 3 nitrogen and oxygen atoms in total. The SMILES string of the molecule is COC(=O)[C@H](N[C@H](C)c1ccccc1)C(C(F)(F)F)C(F)(F)F. The topological polar surface area (TPSA) is 38.3 Å². The van der Waals surface area contributed by atoms with Gasteiger partial charge in [0.25, 0.3) is 0 Å². The van der Waals surface area contributed by atoms with Crippen molar-refractivity contribution in [3.8, 4) is 0 Å². The molecule has 0 saturated carbocycles. The zero-order chi connectivity index (χ0) is 17.8. The molecule has 0 aliphatic carbocycles. The number of halogens is 6. The van der Waals surface area contributed by atoms with Crippen LogP contribution in [0.5, 0.6) is 0 Å². The second-order valence-electron chi connectivity index (χ2n) is 4.86. The third kappa shape index (κ3) is 5.12. The van der Waals surface area contributed by atoms with E-state index in [4.69, 9.17) is 0 Å². The molecule has 0 spiro atoms. The van der Waals surface area contributed by atoms with Crippen LogP contribution < -0.4 is 5.32 Å². The number of alkyl halides is 6. The van der Waals surface area contributed by atoms with Crippen molar-refractivity contribution in [3.05, 3.63) is 35.9 Å². The summed E-state index contributed by atoms with van der Waals surface area (Å²) in [5, 5.41) is 2.08. The summed E-state index contributed by atoms with van der Waals surface area (Å²) in [6.07, 6.45) is -11.3. The molecule has 0 saturated heterocycles. The van der Waals surface area contributed by atoms with Gasteiger partial charge in [0.2, 0.25) is 0 Å². The number of nitrogens with one attached hydrogen (secondary N) is 1. The van der Waals surface area contributed by atoms with Gasteiger partial charge < -0.3 is 4.74 Å². The highest BCUT2D eigenvalue weighted by atomic mass is 19.4. The van der Waals surface area contributed by atoms with Crippen LogP contribution in [0.4, 0.5) is 26.3 Å². The van der Waals surface area contributed by atoms with Crippen molar-refractivity contribution >= 4 is 5.97 Å². The lowest BCUT2D eigenvalue weighted by Gasteiger charge is -2.31. The van der Waals surface area contributed by atoms with E-state index in [1.165, 1.54) is 19.1 Å². The normalized spacial score (nSPS) is 15.3. The van der Waals surface area contributed by atoms with Gasteiger partial charge in [-0.2, -0.15) is 26.3 Å². The van der Waals surface area contributed by atoms with Gasteiger partial charge in [-0.25, -0.2) is 0 Å². The zero-order valence-corrected chi connectivity index (χ0v) is 12.2. The molecule has 1 aromatic carbocycles. The summed E-state index contributed by atoms with van der Waals surface area (Å²) in [4.78, 5) is 11.5. The molecule has 0 aliphatic rings. The van der Waals surface area contributed by atoms with E-state index in [9.17, 15) is 31.1 Å². The minimum Gasteiger partial charge on any atom is -0.468 e. The Balaban J connectivity index is 3.15. The molecular formula is C14H15F6NO2. The average molecular weight is 343 g/mol. The number of rotatable bonds is 5. The molecule has 1 rings (SSSR count). The number of hydrogen-bond acceptors (Lipinski definition) is 3. The largest absolute Gasteiger partial charge is 0.468 e. The van der Waals surface area contributed by atoms with E-state index in [0.29, 0.717) is 5.56 Å². The number of carbonyl (C=O) groups excluding carboxylic acids is 1. The number of ether oxygens (including phenoxy) is 1. The molecule has 0 heterocycles. The van der Waals surface area contributed by atoms with Gasteiger partial charge in [0.15, 0.2) is 5.92 Å². The maximum Gasteiger partial charge on any atom is 0.402 e. The fourth-order valence-electron chi connectivity index (χ4n) is 2.10. The minimum absolute atomic E-state index is 0.435. The Morgan fingerprint density at radius 2 is 1.52 bits per heavy atom. The van der Waals surface area contributed by atoms with Crippen LogP contribution in [0.15, 0.2) is 30.3 Å². The van der Waals surface area contributed by atoms with Gasteiger partial charge in [-0.1, -0.05) is 30.3 Å². The van der Waals surface area contributed by atoms with Gasteiger partial charge in [-0.05, 0) is 12.5 Å². The molecule has 1 aromatic rings. The summed E-state index contributed by atoms with van der Waals surface area (Å²) in [7, 11) is 0.730. The molecule has 23 heavy (non-hydrogen) atoms. The number of esters is 1. The molecule has 0 bridgehead atoms. The predicted octanol–water partition coefficient (Wildman–Crippen LogP) is 3.62. The van der Waals surface area contributed by atoms with E-state index in [1.54, 1.807) is 18.2 Å². The third-order valence-electron chi connectivity index (χ3n) is 3.22. The summed E-state index contributed by atoms with van der Waals surface area (Å²) < 4.78 is 81.2. The lowest BCUT2D eigenvalue weighted by molar-refractivity contribution is -0.291. The Labute approximate surface area is 128 Å². The maximum atomic E-state index is 12.8. The van der Waals surface area contributed by atoms with E-state index in [-0.39, 0.29) is 0 Å². The fourth-order valence-corrected chi connectivity index (χ4v) is 2.10. The van der Waals surface area contributed by atoms with E-state index in [0.717, 1.165) is 7.11 Å². The monoisotopic (exact) mass is 343 g/mol. The first-order chi connectivity index (χ1) is 10.5. The number of methoxy groups -OCH3 is 1. The van der Waals surface area contributed by atoms with Crippen LogP contribution >= 0.6 is 0 Å².